The van der Waals surface area contributed by atoms with Crippen LogP contribution in [0.1, 0.15) is 25.3 Å². The van der Waals surface area contributed by atoms with E-state index < -0.39 is 15.8 Å². The van der Waals surface area contributed by atoms with Crippen LogP contribution in [0.4, 0.5) is 10.1 Å². The third-order valence-electron chi connectivity index (χ3n) is 3.83. The van der Waals surface area contributed by atoms with Gasteiger partial charge in [0.25, 0.3) is 0 Å². The predicted molar refractivity (Wildman–Crippen MR) is 81.0 cm³/mol. The molecule has 0 aliphatic heterocycles. The zero-order chi connectivity index (χ0) is 15.6. The van der Waals surface area contributed by atoms with E-state index in [-0.39, 0.29) is 16.1 Å². The van der Waals surface area contributed by atoms with Gasteiger partial charge < -0.3 is 5.73 Å². The Kier molecular flexibility index (Phi) is 4.85. The first kappa shape index (κ1) is 16.2. The minimum absolute atomic E-state index is 0.127. The van der Waals surface area contributed by atoms with Crippen LogP contribution in [-0.2, 0) is 10.0 Å². The highest BCUT2D eigenvalue weighted by molar-refractivity contribution is 7.89. The lowest BCUT2D eigenvalue weighted by Crippen LogP contribution is -2.36. The average molecular weight is 315 g/mol. The van der Waals surface area contributed by atoms with Crippen molar-refractivity contribution in [1.29, 1.82) is 0 Å². The van der Waals surface area contributed by atoms with Crippen LogP contribution in [0.5, 0.6) is 0 Å². The molecule has 0 spiro atoms. The van der Waals surface area contributed by atoms with Crippen molar-refractivity contribution in [2.24, 2.45) is 0 Å². The molecule has 0 amide bonds. The highest BCUT2D eigenvalue weighted by atomic mass is 32.2. The monoisotopic (exact) mass is 315 g/mol. The minimum atomic E-state index is -3.73. The molecule has 2 rings (SSSR count). The molecular formula is C14H22FN3O2S. The third-order valence-corrected chi connectivity index (χ3v) is 5.27. The van der Waals surface area contributed by atoms with Crippen molar-refractivity contribution in [2.75, 3.05) is 25.4 Å². The van der Waals surface area contributed by atoms with Gasteiger partial charge in [-0.05, 0) is 38.4 Å². The molecule has 0 bridgehead atoms. The summed E-state index contributed by atoms with van der Waals surface area (Å²) >= 11 is 0. The topological polar surface area (TPSA) is 75.4 Å². The van der Waals surface area contributed by atoms with Crippen LogP contribution in [0.2, 0.25) is 0 Å². The first-order valence-corrected chi connectivity index (χ1v) is 8.62. The second-order valence-corrected chi connectivity index (χ2v) is 7.14. The number of nitrogens with one attached hydrogen (secondary N) is 1. The fourth-order valence-electron chi connectivity index (χ4n) is 2.27. The number of benzene rings is 1. The molecule has 1 aliphatic rings. The molecule has 3 N–H and O–H groups in total. The minimum Gasteiger partial charge on any atom is -0.398 e. The summed E-state index contributed by atoms with van der Waals surface area (Å²) in [6.07, 6.45) is 2.36. The molecular weight excluding hydrogens is 293 g/mol. The smallest absolute Gasteiger partial charge is 0.240 e. The van der Waals surface area contributed by atoms with Crippen molar-refractivity contribution < 1.29 is 12.8 Å². The first-order chi connectivity index (χ1) is 9.85. The first-order valence-electron chi connectivity index (χ1n) is 7.14. The number of anilines is 1. The predicted octanol–water partition coefficient (Wildman–Crippen LogP) is 1.48. The number of likely N-dealkylation sites (N-methyl/N-ethyl adjacent to an activating group) is 1. The lowest BCUT2D eigenvalue weighted by atomic mass is 10.2. The Labute approximate surface area is 125 Å². The van der Waals surface area contributed by atoms with Crippen molar-refractivity contribution in [2.45, 2.75) is 37.6 Å². The summed E-state index contributed by atoms with van der Waals surface area (Å²) in [6, 6.07) is 2.89. The summed E-state index contributed by atoms with van der Waals surface area (Å²) in [7, 11) is -3.73. The Balaban J connectivity index is 2.01. The molecule has 1 aromatic carbocycles. The van der Waals surface area contributed by atoms with Crippen molar-refractivity contribution in [3.8, 4) is 0 Å². The molecule has 0 heterocycles. The summed E-state index contributed by atoms with van der Waals surface area (Å²) in [5.74, 6) is -0.608. The highest BCUT2D eigenvalue weighted by Gasteiger charge is 2.27. The summed E-state index contributed by atoms with van der Waals surface area (Å²) in [5.41, 5.74) is 6.03. The maximum absolute atomic E-state index is 13.6. The number of hydrogen-bond acceptors (Lipinski definition) is 4. The highest BCUT2D eigenvalue weighted by Crippen LogP contribution is 2.26. The number of nitrogens with zero attached hydrogens (tertiary/aromatic N) is 1. The Morgan fingerprint density at radius 2 is 2.10 bits per heavy atom. The Bertz CT molecular complexity index is 592. The molecule has 1 aliphatic carbocycles. The van der Waals surface area contributed by atoms with E-state index in [9.17, 15) is 12.8 Å². The number of nitrogens with two attached hydrogens (primary N) is 1. The molecule has 1 fully saturated rings. The van der Waals surface area contributed by atoms with Gasteiger partial charge in [0.2, 0.25) is 10.0 Å². The molecule has 1 saturated carbocycles. The fraction of sp³-hybridized carbons (Fsp3) is 0.571. The second-order valence-electron chi connectivity index (χ2n) is 5.38. The molecule has 1 aromatic rings. The lowest BCUT2D eigenvalue weighted by molar-refractivity contribution is 0.282. The SMILES string of the molecule is CCN(CCNS(=O)(=O)c1cc(N)c(C)c(F)c1)C1CC1. The molecule has 0 unspecified atom stereocenters. The summed E-state index contributed by atoms with van der Waals surface area (Å²) in [4.78, 5) is 2.12. The van der Waals surface area contributed by atoms with Crippen LogP contribution in [0.15, 0.2) is 17.0 Å². The Morgan fingerprint density at radius 3 is 2.62 bits per heavy atom. The second kappa shape index (κ2) is 6.29. The van der Waals surface area contributed by atoms with E-state index >= 15 is 0 Å². The molecule has 7 heteroatoms. The van der Waals surface area contributed by atoms with E-state index in [4.69, 9.17) is 5.73 Å². The number of hydrogen-bond donors (Lipinski definition) is 2. The van der Waals surface area contributed by atoms with E-state index in [0.717, 1.165) is 12.6 Å². The Morgan fingerprint density at radius 1 is 1.43 bits per heavy atom. The van der Waals surface area contributed by atoms with Gasteiger partial charge in [0.15, 0.2) is 0 Å². The quantitative estimate of drug-likeness (QED) is 0.747. The van der Waals surface area contributed by atoms with Crippen LogP contribution in [0.25, 0.3) is 0 Å². The van der Waals surface area contributed by atoms with Crippen molar-refractivity contribution in [3.05, 3.63) is 23.5 Å². The van der Waals surface area contributed by atoms with Crippen LogP contribution in [0.3, 0.4) is 0 Å². The normalized spacial score (nSPS) is 15.6. The van der Waals surface area contributed by atoms with Gasteiger partial charge in [0.1, 0.15) is 5.82 Å². The van der Waals surface area contributed by atoms with Crippen molar-refractivity contribution in [1.82, 2.24) is 9.62 Å². The number of rotatable bonds is 7. The van der Waals surface area contributed by atoms with Crippen molar-refractivity contribution >= 4 is 15.7 Å². The van der Waals surface area contributed by atoms with Crippen LogP contribution in [-0.4, -0.2) is 39.0 Å². The summed E-state index contributed by atoms with van der Waals surface area (Å²) in [6.45, 7) is 5.44. The molecule has 118 valence electrons. The van der Waals surface area contributed by atoms with Gasteiger partial charge in [-0.1, -0.05) is 6.92 Å². The molecule has 0 radical (unpaired) electrons. The fourth-order valence-corrected chi connectivity index (χ4v) is 3.34. The maximum atomic E-state index is 13.6. The summed E-state index contributed by atoms with van der Waals surface area (Å²) < 4.78 is 40.4. The van der Waals surface area contributed by atoms with E-state index in [1.165, 1.54) is 25.8 Å². The number of sulfonamides is 1. The third kappa shape index (κ3) is 3.93. The molecule has 5 nitrogen and oxygen atoms in total. The van der Waals surface area contributed by atoms with E-state index in [1.807, 2.05) is 0 Å². The van der Waals surface area contributed by atoms with Gasteiger partial charge >= 0.3 is 0 Å². The summed E-state index contributed by atoms with van der Waals surface area (Å²) in [5, 5.41) is 0. The zero-order valence-corrected chi connectivity index (χ0v) is 13.2. The maximum Gasteiger partial charge on any atom is 0.240 e. The molecule has 0 atom stereocenters. The molecule has 0 aromatic heterocycles. The van der Waals surface area contributed by atoms with E-state index in [0.29, 0.717) is 19.1 Å². The standard InChI is InChI=1S/C14H22FN3O2S/c1-3-18(11-4-5-11)7-6-17-21(19,20)12-8-13(15)10(2)14(16)9-12/h8-9,11,17H,3-7,16H2,1-2H3. The van der Waals surface area contributed by atoms with Gasteiger partial charge in [0, 0.05) is 30.4 Å². The van der Waals surface area contributed by atoms with Crippen LogP contribution in [0, 0.1) is 12.7 Å². The number of nitrogen functional groups attached to an aromatic ring is 1. The van der Waals surface area contributed by atoms with E-state index in [1.54, 1.807) is 0 Å². The lowest BCUT2D eigenvalue weighted by Gasteiger charge is -2.19. The average Bonchev–Trinajstić information content (AvgIpc) is 3.24. The largest absolute Gasteiger partial charge is 0.398 e. The Hall–Kier alpha value is -1.18. The number of halogens is 1. The van der Waals surface area contributed by atoms with Crippen LogP contribution >= 0.6 is 0 Å². The van der Waals surface area contributed by atoms with Crippen molar-refractivity contribution in [3.63, 3.8) is 0 Å². The van der Waals surface area contributed by atoms with Crippen LogP contribution < -0.4 is 10.5 Å². The van der Waals surface area contributed by atoms with Gasteiger partial charge in [-0.15, -0.1) is 0 Å². The van der Waals surface area contributed by atoms with E-state index in [2.05, 4.69) is 16.5 Å². The van der Waals surface area contributed by atoms with Gasteiger partial charge in [-0.3, -0.25) is 4.90 Å². The van der Waals surface area contributed by atoms with Gasteiger partial charge in [-0.25, -0.2) is 17.5 Å². The zero-order valence-electron chi connectivity index (χ0n) is 12.4. The molecule has 0 saturated heterocycles. The van der Waals surface area contributed by atoms with Gasteiger partial charge in [-0.2, -0.15) is 0 Å². The van der Waals surface area contributed by atoms with Gasteiger partial charge in [0.05, 0.1) is 4.90 Å². The molecule has 21 heavy (non-hydrogen) atoms.